The third-order valence-electron chi connectivity index (χ3n) is 4.93. The highest BCUT2D eigenvalue weighted by Crippen LogP contribution is 2.35. The lowest BCUT2D eigenvalue weighted by molar-refractivity contribution is -0.385. The van der Waals surface area contributed by atoms with Crippen LogP contribution in [0.2, 0.25) is 15.1 Å². The van der Waals surface area contributed by atoms with Gasteiger partial charge in [0.2, 0.25) is 5.75 Å². The fourth-order valence-corrected chi connectivity index (χ4v) is 4.34. The predicted molar refractivity (Wildman–Crippen MR) is 140 cm³/mol. The van der Waals surface area contributed by atoms with Crippen LogP contribution in [-0.4, -0.2) is 20.8 Å². The molecule has 0 amide bonds. The summed E-state index contributed by atoms with van der Waals surface area (Å²) in [6, 6.07) is 12.6. The van der Waals surface area contributed by atoms with Crippen LogP contribution in [0.25, 0.3) is 10.9 Å². The number of nitro groups is 1. The van der Waals surface area contributed by atoms with Crippen LogP contribution in [0.4, 0.5) is 5.69 Å². The van der Waals surface area contributed by atoms with Gasteiger partial charge in [-0.25, -0.2) is 4.98 Å². The molecule has 0 aliphatic rings. The first-order valence-electron chi connectivity index (χ1n) is 9.92. The van der Waals surface area contributed by atoms with Gasteiger partial charge in [0.15, 0.2) is 0 Å². The standard InChI is InChI=1S/C23H14BrCl3N4O4/c1-12-29-20-5-3-15(24)7-18(20)23(32)30(12)28-10-14-6-17(26)9-21(31(33)34)22(14)35-11-13-2-4-16(25)8-19(13)27/h2-10H,11H2,1H3. The number of hydrogen-bond acceptors (Lipinski definition) is 6. The van der Waals surface area contributed by atoms with Crippen LogP contribution >= 0.6 is 50.7 Å². The molecule has 4 aromatic rings. The Morgan fingerprint density at radius 1 is 1.14 bits per heavy atom. The van der Waals surface area contributed by atoms with Crippen LogP contribution in [0.3, 0.4) is 0 Å². The summed E-state index contributed by atoms with van der Waals surface area (Å²) in [5.41, 5.74) is 0.504. The van der Waals surface area contributed by atoms with Gasteiger partial charge < -0.3 is 4.74 Å². The second-order valence-electron chi connectivity index (χ2n) is 7.31. The Labute approximate surface area is 222 Å². The molecule has 0 N–H and O–H groups in total. The van der Waals surface area contributed by atoms with Crippen molar-refractivity contribution in [3.8, 4) is 5.75 Å². The third-order valence-corrected chi connectivity index (χ3v) is 6.23. The van der Waals surface area contributed by atoms with E-state index in [9.17, 15) is 14.9 Å². The summed E-state index contributed by atoms with van der Waals surface area (Å²) < 4.78 is 7.61. The molecule has 0 unspecified atom stereocenters. The number of nitro benzene ring substituents is 1. The van der Waals surface area contributed by atoms with Crippen molar-refractivity contribution in [2.24, 2.45) is 5.10 Å². The Bertz CT molecular complexity index is 1570. The van der Waals surface area contributed by atoms with Crippen molar-refractivity contribution in [2.45, 2.75) is 13.5 Å². The second kappa shape index (κ2) is 10.3. The van der Waals surface area contributed by atoms with E-state index in [0.717, 1.165) is 4.68 Å². The molecule has 0 spiro atoms. The van der Waals surface area contributed by atoms with Crippen LogP contribution in [0.5, 0.6) is 5.75 Å². The van der Waals surface area contributed by atoms with E-state index in [1.165, 1.54) is 18.3 Å². The van der Waals surface area contributed by atoms with Crippen LogP contribution < -0.4 is 10.3 Å². The quantitative estimate of drug-likeness (QED) is 0.139. The van der Waals surface area contributed by atoms with Crippen LogP contribution in [-0.2, 0) is 6.61 Å². The largest absolute Gasteiger partial charge is 0.481 e. The van der Waals surface area contributed by atoms with Crippen molar-refractivity contribution in [1.29, 1.82) is 0 Å². The van der Waals surface area contributed by atoms with E-state index in [1.54, 1.807) is 43.3 Å². The van der Waals surface area contributed by atoms with Gasteiger partial charge in [-0.3, -0.25) is 14.9 Å². The summed E-state index contributed by atoms with van der Waals surface area (Å²) in [5, 5.41) is 17.2. The van der Waals surface area contributed by atoms with Gasteiger partial charge in [-0.2, -0.15) is 9.78 Å². The van der Waals surface area contributed by atoms with Gasteiger partial charge in [0.1, 0.15) is 12.4 Å². The van der Waals surface area contributed by atoms with Crippen molar-refractivity contribution < 1.29 is 9.66 Å². The Morgan fingerprint density at radius 2 is 1.91 bits per heavy atom. The van der Waals surface area contributed by atoms with E-state index in [0.29, 0.717) is 36.8 Å². The Hall–Kier alpha value is -2.98. The van der Waals surface area contributed by atoms with Gasteiger partial charge in [0.25, 0.3) is 5.56 Å². The molecule has 0 saturated carbocycles. The minimum atomic E-state index is -0.617. The molecule has 4 rings (SSSR count). The summed E-state index contributed by atoms with van der Waals surface area (Å²) in [4.78, 5) is 28.5. The smallest absolute Gasteiger partial charge is 0.313 e. The van der Waals surface area contributed by atoms with Crippen molar-refractivity contribution >= 4 is 73.5 Å². The molecular weight excluding hydrogens is 583 g/mol. The molecule has 0 radical (unpaired) electrons. The molecule has 0 aliphatic carbocycles. The highest BCUT2D eigenvalue weighted by atomic mass is 79.9. The zero-order chi connectivity index (χ0) is 25.3. The minimum Gasteiger partial charge on any atom is -0.481 e. The van der Waals surface area contributed by atoms with E-state index in [4.69, 9.17) is 39.5 Å². The molecule has 12 heteroatoms. The summed E-state index contributed by atoms with van der Waals surface area (Å²) in [6.07, 6.45) is 1.26. The number of hydrogen-bond donors (Lipinski definition) is 0. The van der Waals surface area contributed by atoms with Gasteiger partial charge in [0.05, 0.1) is 22.0 Å². The molecule has 0 atom stereocenters. The predicted octanol–water partition coefficient (Wildman–Crippen LogP) is 6.80. The zero-order valence-corrected chi connectivity index (χ0v) is 21.7. The number of halogens is 4. The third kappa shape index (κ3) is 5.48. The van der Waals surface area contributed by atoms with E-state index in [1.807, 2.05) is 0 Å². The number of ether oxygens (including phenoxy) is 1. The van der Waals surface area contributed by atoms with Crippen molar-refractivity contribution in [2.75, 3.05) is 0 Å². The average Bonchev–Trinajstić information content (AvgIpc) is 2.79. The number of aryl methyl sites for hydroxylation is 1. The normalized spacial score (nSPS) is 11.3. The first-order valence-corrected chi connectivity index (χ1v) is 11.8. The van der Waals surface area contributed by atoms with Crippen LogP contribution in [0.15, 0.2) is 62.9 Å². The molecule has 1 aromatic heterocycles. The summed E-state index contributed by atoms with van der Waals surface area (Å²) in [6.45, 7) is 1.55. The van der Waals surface area contributed by atoms with E-state index >= 15 is 0 Å². The fraction of sp³-hybridized carbons (Fsp3) is 0.0870. The second-order valence-corrected chi connectivity index (χ2v) is 9.50. The first kappa shape index (κ1) is 25.1. The van der Waals surface area contributed by atoms with Gasteiger partial charge >= 0.3 is 5.69 Å². The van der Waals surface area contributed by atoms with Crippen LogP contribution in [0, 0.1) is 17.0 Å². The van der Waals surface area contributed by atoms with Crippen molar-refractivity contribution in [3.05, 3.63) is 105 Å². The molecule has 8 nitrogen and oxygen atoms in total. The molecule has 0 bridgehead atoms. The average molecular weight is 597 g/mol. The van der Waals surface area contributed by atoms with E-state index in [-0.39, 0.29) is 28.6 Å². The van der Waals surface area contributed by atoms with E-state index < -0.39 is 10.5 Å². The first-order chi connectivity index (χ1) is 16.6. The van der Waals surface area contributed by atoms with Crippen molar-refractivity contribution in [3.63, 3.8) is 0 Å². The molecule has 0 saturated heterocycles. The van der Waals surface area contributed by atoms with Gasteiger partial charge in [-0.05, 0) is 43.3 Å². The topological polar surface area (TPSA) is 99.6 Å². The molecule has 0 aliphatic heterocycles. The maximum Gasteiger partial charge on any atom is 0.313 e. The highest BCUT2D eigenvalue weighted by molar-refractivity contribution is 9.10. The number of rotatable bonds is 6. The Morgan fingerprint density at radius 3 is 2.63 bits per heavy atom. The van der Waals surface area contributed by atoms with E-state index in [2.05, 4.69) is 26.0 Å². The number of nitrogens with zero attached hydrogens (tertiary/aromatic N) is 4. The lowest BCUT2D eigenvalue weighted by Gasteiger charge is -2.12. The maximum absolute atomic E-state index is 13.0. The Kier molecular flexibility index (Phi) is 7.42. The molecule has 1 heterocycles. The lowest BCUT2D eigenvalue weighted by atomic mass is 10.2. The number of benzene rings is 3. The molecule has 35 heavy (non-hydrogen) atoms. The lowest BCUT2D eigenvalue weighted by Crippen LogP contribution is -2.20. The van der Waals surface area contributed by atoms with Crippen molar-refractivity contribution in [1.82, 2.24) is 9.66 Å². The summed E-state index contributed by atoms with van der Waals surface area (Å²) in [7, 11) is 0. The maximum atomic E-state index is 13.0. The fourth-order valence-electron chi connectivity index (χ4n) is 3.29. The zero-order valence-electron chi connectivity index (χ0n) is 17.8. The number of aromatic nitrogens is 2. The van der Waals surface area contributed by atoms with Gasteiger partial charge in [0, 0.05) is 36.7 Å². The number of fused-ring (bicyclic) bond motifs is 1. The molecule has 3 aromatic carbocycles. The summed E-state index contributed by atoms with van der Waals surface area (Å²) >= 11 is 21.6. The SMILES string of the molecule is Cc1nc2ccc(Br)cc2c(=O)n1N=Cc1cc(Cl)cc([N+](=O)[O-])c1OCc1ccc(Cl)cc1Cl. The molecule has 178 valence electrons. The molecule has 0 fully saturated rings. The highest BCUT2D eigenvalue weighted by Gasteiger charge is 2.21. The van der Waals surface area contributed by atoms with Gasteiger partial charge in [-0.1, -0.05) is 56.8 Å². The minimum absolute atomic E-state index is 0.0795. The molecular formula is C23H14BrCl3N4O4. The van der Waals surface area contributed by atoms with Crippen LogP contribution in [0.1, 0.15) is 17.0 Å². The monoisotopic (exact) mass is 594 g/mol. The Balaban J connectivity index is 1.78. The van der Waals surface area contributed by atoms with Gasteiger partial charge in [-0.15, -0.1) is 0 Å². The summed E-state index contributed by atoms with van der Waals surface area (Å²) in [5.74, 6) is 0.240.